The van der Waals surface area contributed by atoms with Crippen molar-refractivity contribution in [3.05, 3.63) is 58.9 Å². The molecule has 0 aliphatic carbocycles. The highest BCUT2D eigenvalue weighted by atomic mass is 19.4. The van der Waals surface area contributed by atoms with Crippen molar-refractivity contribution >= 4 is 17.3 Å². The van der Waals surface area contributed by atoms with E-state index in [1.165, 1.54) is 0 Å². The van der Waals surface area contributed by atoms with Crippen LogP contribution in [0.3, 0.4) is 0 Å². The largest absolute Gasteiger partial charge is 0.417 e. The van der Waals surface area contributed by atoms with E-state index in [-0.39, 0.29) is 0 Å². The van der Waals surface area contributed by atoms with Gasteiger partial charge in [-0.15, -0.1) is 0 Å². The van der Waals surface area contributed by atoms with Crippen LogP contribution in [0.25, 0.3) is 0 Å². The van der Waals surface area contributed by atoms with E-state index in [2.05, 4.69) is 10.6 Å². The molecular weight excluding hydrogens is 324 g/mol. The summed E-state index contributed by atoms with van der Waals surface area (Å²) < 4.78 is 52.8. The number of fused-ring (bicyclic) bond motifs is 1. The molecule has 1 aliphatic rings. The Morgan fingerprint density at radius 1 is 1.17 bits per heavy atom. The number of hydrogen-bond acceptors (Lipinski definition) is 2. The lowest BCUT2D eigenvalue weighted by atomic mass is 10.0. The zero-order chi connectivity index (χ0) is 17.3. The van der Waals surface area contributed by atoms with Gasteiger partial charge in [-0.25, -0.2) is 4.39 Å². The summed E-state index contributed by atoms with van der Waals surface area (Å²) >= 11 is 0. The minimum absolute atomic E-state index is 0.310. The molecule has 3 nitrogen and oxygen atoms in total. The number of aryl methyl sites for hydroxylation is 1. The van der Waals surface area contributed by atoms with Crippen molar-refractivity contribution in [1.29, 1.82) is 0 Å². The molecule has 126 valence electrons. The maximum atomic E-state index is 13.8. The fraction of sp³-hybridized carbons (Fsp3) is 0.235. The quantitative estimate of drug-likeness (QED) is 0.794. The Labute approximate surface area is 135 Å². The van der Waals surface area contributed by atoms with Crippen LogP contribution in [0.5, 0.6) is 0 Å². The summed E-state index contributed by atoms with van der Waals surface area (Å²) in [5.41, 5.74) is -0.0963. The highest BCUT2D eigenvalue weighted by molar-refractivity contribution is 6.05. The average molecular weight is 338 g/mol. The Balaban J connectivity index is 1.91. The first-order valence-electron chi connectivity index (χ1n) is 7.40. The molecule has 3 rings (SSSR count). The highest BCUT2D eigenvalue weighted by Gasteiger charge is 2.36. The summed E-state index contributed by atoms with van der Waals surface area (Å²) in [5.74, 6) is -2.34. The third kappa shape index (κ3) is 3.20. The third-order valence-electron chi connectivity index (χ3n) is 3.85. The van der Waals surface area contributed by atoms with Gasteiger partial charge in [0.15, 0.2) is 0 Å². The van der Waals surface area contributed by atoms with Crippen LogP contribution in [0.4, 0.5) is 28.9 Å². The molecule has 0 radical (unpaired) electrons. The zero-order valence-electron chi connectivity index (χ0n) is 12.5. The molecule has 1 amide bonds. The van der Waals surface area contributed by atoms with Crippen molar-refractivity contribution in [3.63, 3.8) is 0 Å². The normalized spacial score (nSPS) is 13.8. The van der Waals surface area contributed by atoms with Crippen molar-refractivity contribution in [2.45, 2.75) is 19.0 Å². The van der Waals surface area contributed by atoms with E-state index in [4.69, 9.17) is 0 Å². The number of carbonyl (C=O) groups excluding carboxylic acids is 1. The van der Waals surface area contributed by atoms with Gasteiger partial charge in [0.2, 0.25) is 0 Å². The smallest absolute Gasteiger partial charge is 0.385 e. The Bertz CT molecular complexity index is 787. The number of hydrogen-bond donors (Lipinski definition) is 2. The molecule has 2 aromatic carbocycles. The third-order valence-corrected chi connectivity index (χ3v) is 3.85. The second-order valence-corrected chi connectivity index (χ2v) is 5.52. The van der Waals surface area contributed by atoms with Crippen LogP contribution in [0.15, 0.2) is 36.4 Å². The van der Waals surface area contributed by atoms with Crippen LogP contribution in [0, 0.1) is 5.82 Å². The minimum atomic E-state index is -4.81. The second-order valence-electron chi connectivity index (χ2n) is 5.52. The number of rotatable bonds is 2. The van der Waals surface area contributed by atoms with Gasteiger partial charge in [0, 0.05) is 17.9 Å². The van der Waals surface area contributed by atoms with Crippen LogP contribution < -0.4 is 10.6 Å². The van der Waals surface area contributed by atoms with Crippen LogP contribution in [-0.2, 0) is 12.6 Å². The van der Waals surface area contributed by atoms with Gasteiger partial charge < -0.3 is 10.6 Å². The Morgan fingerprint density at radius 2 is 1.96 bits per heavy atom. The van der Waals surface area contributed by atoms with Crippen LogP contribution in [0.1, 0.15) is 27.9 Å². The minimum Gasteiger partial charge on any atom is -0.385 e. The molecule has 1 heterocycles. The van der Waals surface area contributed by atoms with Gasteiger partial charge in [-0.3, -0.25) is 4.79 Å². The molecule has 2 N–H and O–H groups in total. The lowest BCUT2D eigenvalue weighted by Crippen LogP contribution is -2.21. The molecule has 0 spiro atoms. The molecule has 0 bridgehead atoms. The van der Waals surface area contributed by atoms with Crippen LogP contribution >= 0.6 is 0 Å². The second kappa shape index (κ2) is 6.14. The van der Waals surface area contributed by atoms with Gasteiger partial charge in [-0.05, 0) is 42.7 Å². The zero-order valence-corrected chi connectivity index (χ0v) is 12.5. The summed E-state index contributed by atoms with van der Waals surface area (Å²) in [6.45, 7) is 0.788. The first kappa shape index (κ1) is 16.3. The molecule has 24 heavy (non-hydrogen) atoms. The maximum Gasteiger partial charge on any atom is 0.417 e. The predicted molar refractivity (Wildman–Crippen MR) is 82.6 cm³/mol. The van der Waals surface area contributed by atoms with Crippen molar-refractivity contribution < 1.29 is 22.4 Å². The van der Waals surface area contributed by atoms with Crippen molar-refractivity contribution in [2.24, 2.45) is 0 Å². The monoisotopic (exact) mass is 338 g/mol. The fourth-order valence-corrected chi connectivity index (χ4v) is 2.72. The van der Waals surface area contributed by atoms with Gasteiger partial charge in [-0.1, -0.05) is 12.1 Å². The van der Waals surface area contributed by atoms with Crippen molar-refractivity contribution in [1.82, 2.24) is 0 Å². The first-order valence-corrected chi connectivity index (χ1v) is 7.40. The Kier molecular flexibility index (Phi) is 4.17. The first-order chi connectivity index (χ1) is 11.4. The standard InChI is InChI=1S/C17H14F4N2O/c18-13-5-1-4-12(17(19,20)21)15(13)16(24)23-11-7-6-10-3-2-8-22-14(10)9-11/h1,4-7,9,22H,2-3,8H2,(H,23,24). The van der Waals surface area contributed by atoms with Gasteiger partial charge >= 0.3 is 6.18 Å². The molecule has 0 unspecified atom stereocenters. The summed E-state index contributed by atoms with van der Waals surface area (Å²) in [6.07, 6.45) is -2.93. The highest BCUT2D eigenvalue weighted by Crippen LogP contribution is 2.33. The molecule has 0 atom stereocenters. The summed E-state index contributed by atoms with van der Waals surface area (Å²) in [4.78, 5) is 12.2. The van der Waals surface area contributed by atoms with Gasteiger partial charge in [-0.2, -0.15) is 13.2 Å². The molecule has 7 heteroatoms. The Morgan fingerprint density at radius 3 is 2.71 bits per heavy atom. The van der Waals surface area contributed by atoms with E-state index in [1.807, 2.05) is 0 Å². The molecule has 0 saturated heterocycles. The molecule has 0 aromatic heterocycles. The van der Waals surface area contributed by atoms with Gasteiger partial charge in [0.05, 0.1) is 11.1 Å². The van der Waals surface area contributed by atoms with E-state index in [9.17, 15) is 22.4 Å². The van der Waals surface area contributed by atoms with Crippen LogP contribution in [-0.4, -0.2) is 12.5 Å². The van der Waals surface area contributed by atoms with Crippen molar-refractivity contribution in [2.75, 3.05) is 17.2 Å². The van der Waals surface area contributed by atoms with Gasteiger partial charge in [0.25, 0.3) is 5.91 Å². The number of nitrogens with one attached hydrogen (secondary N) is 2. The fourth-order valence-electron chi connectivity index (χ4n) is 2.72. The van der Waals surface area contributed by atoms with E-state index in [0.717, 1.165) is 42.8 Å². The SMILES string of the molecule is O=C(Nc1ccc2c(c1)NCCC2)c1c(F)cccc1C(F)(F)F. The summed E-state index contributed by atoms with van der Waals surface area (Å²) in [7, 11) is 0. The summed E-state index contributed by atoms with van der Waals surface area (Å²) in [5, 5.41) is 5.50. The van der Waals surface area contributed by atoms with E-state index in [1.54, 1.807) is 18.2 Å². The Hall–Kier alpha value is -2.57. The molecular formula is C17H14F4N2O. The lowest BCUT2D eigenvalue weighted by Gasteiger charge is -2.19. The van der Waals surface area contributed by atoms with E-state index >= 15 is 0 Å². The number of halogens is 4. The molecule has 1 aliphatic heterocycles. The predicted octanol–water partition coefficient (Wildman–Crippen LogP) is 4.45. The molecule has 0 saturated carbocycles. The van der Waals surface area contributed by atoms with Crippen molar-refractivity contribution in [3.8, 4) is 0 Å². The number of anilines is 2. The lowest BCUT2D eigenvalue weighted by molar-refractivity contribution is -0.138. The maximum absolute atomic E-state index is 13.8. The summed E-state index contributed by atoms with van der Waals surface area (Å²) in [6, 6.07) is 7.48. The number of benzene rings is 2. The number of carbonyl (C=O) groups is 1. The van der Waals surface area contributed by atoms with E-state index in [0.29, 0.717) is 11.8 Å². The topological polar surface area (TPSA) is 41.1 Å². The molecule has 0 fully saturated rings. The van der Waals surface area contributed by atoms with E-state index < -0.39 is 29.0 Å². The number of amides is 1. The average Bonchev–Trinajstić information content (AvgIpc) is 2.53. The number of alkyl halides is 3. The van der Waals surface area contributed by atoms with Crippen LogP contribution in [0.2, 0.25) is 0 Å². The van der Waals surface area contributed by atoms with Gasteiger partial charge in [0.1, 0.15) is 5.82 Å². The molecule has 2 aromatic rings.